The monoisotopic (exact) mass is 240 g/mol. The fourth-order valence-electron chi connectivity index (χ4n) is 0.919. The van der Waals surface area contributed by atoms with E-state index in [2.05, 4.69) is 43.4 Å². The molecule has 0 fully saturated rings. The molecule has 0 saturated heterocycles. The topological polar surface area (TPSA) is 18.5 Å². The van der Waals surface area contributed by atoms with E-state index in [1.807, 2.05) is 0 Å². The first-order valence-electron chi connectivity index (χ1n) is 4.22. The largest absolute Gasteiger partial charge is 0.471 e. The molecule has 0 aliphatic rings. The molecule has 12 heavy (non-hydrogen) atoms. The minimum atomic E-state index is -1.23. The Morgan fingerprint density at radius 2 is 0.917 bits per heavy atom. The molecule has 0 radical (unpaired) electrons. The summed E-state index contributed by atoms with van der Waals surface area (Å²) in [5.41, 5.74) is 0. The lowest BCUT2D eigenvalue weighted by Crippen LogP contribution is -2.39. The number of hydrogen-bond donors (Lipinski definition) is 0. The van der Waals surface area contributed by atoms with E-state index in [0.29, 0.717) is 0 Å². The van der Waals surface area contributed by atoms with Crippen LogP contribution in [-0.4, -0.2) is 37.6 Å². The first-order valence-corrected chi connectivity index (χ1v) is 12.7. The highest BCUT2D eigenvalue weighted by molar-refractivity contribution is 6.83. The predicted octanol–water partition coefficient (Wildman–Crippen LogP) is 0.237. The van der Waals surface area contributed by atoms with Crippen LogP contribution in [0.5, 0.6) is 0 Å². The van der Waals surface area contributed by atoms with Crippen LogP contribution in [0.3, 0.4) is 0 Å². The van der Waals surface area contributed by atoms with Gasteiger partial charge in [0.25, 0.3) is 0 Å². The quantitative estimate of drug-likeness (QED) is 0.644. The van der Waals surface area contributed by atoms with Gasteiger partial charge in [0.1, 0.15) is 21.0 Å². The smallest absolute Gasteiger partial charge is 0.170 e. The molecule has 0 N–H and O–H groups in total. The normalized spacial score (nSPS) is 12.5. The molecule has 0 rings (SSSR count). The first-order chi connectivity index (χ1) is 5.12. The van der Waals surface area contributed by atoms with Gasteiger partial charge in [-0.05, 0) is 39.3 Å². The molecular weight excluding hydrogens is 216 g/mol. The van der Waals surface area contributed by atoms with Crippen LogP contribution in [-0.2, 0) is 8.23 Å². The van der Waals surface area contributed by atoms with E-state index >= 15 is 0 Å². The van der Waals surface area contributed by atoms with Gasteiger partial charge in [-0.2, -0.15) is 0 Å². The van der Waals surface area contributed by atoms with E-state index in [1.54, 1.807) is 0 Å². The van der Waals surface area contributed by atoms with Crippen molar-refractivity contribution in [2.24, 2.45) is 0 Å². The van der Waals surface area contributed by atoms with Gasteiger partial charge < -0.3 is 8.23 Å². The second-order valence-electron chi connectivity index (χ2n) is 4.74. The third kappa shape index (κ3) is 22.4. The average Bonchev–Trinajstić information content (AvgIpc) is 1.53. The third-order valence-electron chi connectivity index (χ3n) is 0.612. The van der Waals surface area contributed by atoms with E-state index < -0.39 is 16.6 Å². The van der Waals surface area contributed by atoms with Gasteiger partial charge >= 0.3 is 0 Å². The summed E-state index contributed by atoms with van der Waals surface area (Å²) in [5, 5.41) is 0. The van der Waals surface area contributed by atoms with E-state index in [4.69, 9.17) is 4.12 Å². The summed E-state index contributed by atoms with van der Waals surface area (Å²) in [6, 6.07) is 0. The molecule has 2 nitrogen and oxygen atoms in total. The van der Waals surface area contributed by atoms with Crippen LogP contribution in [0.2, 0.25) is 39.3 Å². The molecule has 6 heteroatoms. The van der Waals surface area contributed by atoms with Crippen LogP contribution in [0.25, 0.3) is 0 Å². The van der Waals surface area contributed by atoms with Crippen molar-refractivity contribution in [1.29, 1.82) is 0 Å². The molecule has 0 aromatic carbocycles. The minimum Gasteiger partial charge on any atom is -0.471 e. The molecule has 76 valence electrons. The molecule has 0 heterocycles. The van der Waals surface area contributed by atoms with Crippen molar-refractivity contribution >= 4 is 37.6 Å². The second kappa shape index (κ2) is 6.27. The van der Waals surface area contributed by atoms with E-state index in [1.165, 1.54) is 0 Å². The summed E-state index contributed by atoms with van der Waals surface area (Å²) < 4.78 is 10.4. The first kappa shape index (κ1) is 15.3. The summed E-state index contributed by atoms with van der Waals surface area (Å²) in [5.74, 6) is 0. The summed E-state index contributed by atoms with van der Waals surface area (Å²) in [6.07, 6.45) is 0. The standard InChI is InChI=1S/C6H18OSi2.H6OSi2/c1-8(2,3)7-9(4,5)6;2-1-3/h1-6H3;2-3H3. The summed E-state index contributed by atoms with van der Waals surface area (Å²) in [6.45, 7) is 13.4. The SMILES string of the molecule is C[Si](C)(C)O[Si](C)(C)C.[SiH3]O[SiH3]. The zero-order valence-corrected chi connectivity index (χ0v) is 15.8. The summed E-state index contributed by atoms with van der Waals surface area (Å²) in [7, 11) is -0.601. The Morgan fingerprint density at radius 1 is 0.750 bits per heavy atom. The maximum Gasteiger partial charge on any atom is 0.170 e. The van der Waals surface area contributed by atoms with Crippen LogP contribution in [0, 0.1) is 0 Å². The average molecular weight is 241 g/mol. The Hall–Kier alpha value is 0.788. The van der Waals surface area contributed by atoms with E-state index in [9.17, 15) is 0 Å². The molecule has 0 aliphatic carbocycles. The van der Waals surface area contributed by atoms with Crippen LogP contribution in [0.15, 0.2) is 0 Å². The summed E-state index contributed by atoms with van der Waals surface area (Å²) >= 11 is 0. The zero-order chi connectivity index (χ0) is 10.4. The molecule has 0 saturated carbocycles. The molecule has 0 unspecified atom stereocenters. The fourth-order valence-corrected chi connectivity index (χ4v) is 8.27. The second-order valence-corrected chi connectivity index (χ2v) is 17.3. The molecular formula is C6H24O2Si4. The minimum absolute atomic E-state index is 0.931. The molecule has 0 spiro atoms. The van der Waals surface area contributed by atoms with Gasteiger partial charge in [-0.15, -0.1) is 0 Å². The Morgan fingerprint density at radius 3 is 0.917 bits per heavy atom. The van der Waals surface area contributed by atoms with Crippen molar-refractivity contribution in [2.45, 2.75) is 39.3 Å². The molecule has 0 aromatic rings. The van der Waals surface area contributed by atoms with E-state index in [0.717, 1.165) is 21.0 Å². The van der Waals surface area contributed by atoms with Crippen molar-refractivity contribution in [2.75, 3.05) is 0 Å². The maximum atomic E-state index is 5.90. The highest BCUT2D eigenvalue weighted by atomic mass is 28.4. The van der Waals surface area contributed by atoms with Crippen LogP contribution >= 0.6 is 0 Å². The van der Waals surface area contributed by atoms with Crippen LogP contribution < -0.4 is 0 Å². The van der Waals surface area contributed by atoms with Crippen molar-refractivity contribution in [3.05, 3.63) is 0 Å². The van der Waals surface area contributed by atoms with Crippen molar-refractivity contribution in [3.8, 4) is 0 Å². The Balaban J connectivity index is 0. The van der Waals surface area contributed by atoms with E-state index in [-0.39, 0.29) is 0 Å². The van der Waals surface area contributed by atoms with Gasteiger partial charge in [-0.3, -0.25) is 0 Å². The lowest BCUT2D eigenvalue weighted by molar-refractivity contribution is 0.559. The predicted molar refractivity (Wildman–Crippen MR) is 68.7 cm³/mol. The van der Waals surface area contributed by atoms with Gasteiger partial charge in [0.2, 0.25) is 0 Å². The Kier molecular flexibility index (Phi) is 7.98. The van der Waals surface area contributed by atoms with Crippen molar-refractivity contribution in [1.82, 2.24) is 0 Å². The van der Waals surface area contributed by atoms with Crippen molar-refractivity contribution in [3.63, 3.8) is 0 Å². The number of rotatable bonds is 2. The molecule has 0 bridgehead atoms. The van der Waals surface area contributed by atoms with Crippen LogP contribution in [0.1, 0.15) is 0 Å². The van der Waals surface area contributed by atoms with Gasteiger partial charge in [-0.1, -0.05) is 0 Å². The van der Waals surface area contributed by atoms with Crippen LogP contribution in [0.4, 0.5) is 0 Å². The molecule has 0 aliphatic heterocycles. The number of hydrogen-bond acceptors (Lipinski definition) is 2. The van der Waals surface area contributed by atoms with Gasteiger partial charge in [0.15, 0.2) is 16.6 Å². The highest BCUT2D eigenvalue weighted by Gasteiger charge is 2.24. The molecule has 0 atom stereocenters. The van der Waals surface area contributed by atoms with Gasteiger partial charge in [0.05, 0.1) is 0 Å². The Bertz CT molecular complexity index is 93.1. The van der Waals surface area contributed by atoms with Gasteiger partial charge in [0, 0.05) is 0 Å². The maximum absolute atomic E-state index is 5.90. The molecule has 0 aromatic heterocycles. The lowest BCUT2D eigenvalue weighted by atomic mass is 11.8. The zero-order valence-electron chi connectivity index (χ0n) is 9.82. The Labute approximate surface area is 85.4 Å². The van der Waals surface area contributed by atoms with Gasteiger partial charge in [-0.25, -0.2) is 0 Å². The summed E-state index contributed by atoms with van der Waals surface area (Å²) in [4.78, 5) is 0. The third-order valence-corrected chi connectivity index (χ3v) is 5.51. The highest BCUT2D eigenvalue weighted by Crippen LogP contribution is 2.12. The van der Waals surface area contributed by atoms with Crippen molar-refractivity contribution < 1.29 is 8.23 Å². The fraction of sp³-hybridized carbons (Fsp3) is 1.00. The molecule has 0 amide bonds. The lowest BCUT2D eigenvalue weighted by Gasteiger charge is -2.27.